The van der Waals surface area contributed by atoms with Gasteiger partial charge in [-0.15, -0.1) is 0 Å². The lowest BCUT2D eigenvalue weighted by atomic mass is 10.1. The summed E-state index contributed by atoms with van der Waals surface area (Å²) < 4.78 is 5.37. The van der Waals surface area contributed by atoms with Crippen LogP contribution in [0.1, 0.15) is 24.1 Å². The van der Waals surface area contributed by atoms with Crippen molar-refractivity contribution in [3.8, 4) is 11.3 Å². The number of hydrogen-bond acceptors (Lipinski definition) is 4. The molecule has 1 aromatic carbocycles. The van der Waals surface area contributed by atoms with Gasteiger partial charge in [0.2, 0.25) is 5.91 Å². The molecular formula is C16H19N3O2. The number of rotatable bonds is 4. The SMILES string of the molecule is Cc1ncoc1-c1ccc(CNC(=O)C2CCCN2)cc1. The van der Waals surface area contributed by atoms with E-state index in [1.165, 1.54) is 6.39 Å². The van der Waals surface area contributed by atoms with Gasteiger partial charge in [-0.25, -0.2) is 4.98 Å². The molecule has 3 rings (SSSR count). The minimum Gasteiger partial charge on any atom is -0.443 e. The smallest absolute Gasteiger partial charge is 0.237 e. The van der Waals surface area contributed by atoms with Gasteiger partial charge in [-0.3, -0.25) is 4.79 Å². The summed E-state index contributed by atoms with van der Waals surface area (Å²) in [7, 11) is 0. The quantitative estimate of drug-likeness (QED) is 0.902. The second kappa shape index (κ2) is 6.10. The molecule has 1 atom stereocenters. The minimum absolute atomic E-state index is 0.0267. The number of nitrogens with one attached hydrogen (secondary N) is 2. The molecule has 21 heavy (non-hydrogen) atoms. The van der Waals surface area contributed by atoms with Crippen LogP contribution in [0.4, 0.5) is 0 Å². The van der Waals surface area contributed by atoms with Gasteiger partial charge in [0, 0.05) is 12.1 Å². The van der Waals surface area contributed by atoms with Crippen LogP contribution in [0.25, 0.3) is 11.3 Å². The molecule has 1 aliphatic rings. The topological polar surface area (TPSA) is 67.2 Å². The van der Waals surface area contributed by atoms with E-state index in [0.29, 0.717) is 6.54 Å². The molecule has 1 fully saturated rings. The lowest BCUT2D eigenvalue weighted by Crippen LogP contribution is -2.39. The molecule has 1 aromatic heterocycles. The van der Waals surface area contributed by atoms with Crippen molar-refractivity contribution in [2.75, 3.05) is 6.54 Å². The third-order valence-electron chi connectivity index (χ3n) is 3.81. The van der Waals surface area contributed by atoms with E-state index in [2.05, 4.69) is 15.6 Å². The average molecular weight is 285 g/mol. The van der Waals surface area contributed by atoms with Gasteiger partial charge in [0.05, 0.1) is 11.7 Å². The van der Waals surface area contributed by atoms with Crippen molar-refractivity contribution in [2.24, 2.45) is 0 Å². The summed E-state index contributed by atoms with van der Waals surface area (Å²) in [6.45, 7) is 3.40. The van der Waals surface area contributed by atoms with Crippen molar-refractivity contribution in [1.82, 2.24) is 15.6 Å². The average Bonchev–Trinajstić information content (AvgIpc) is 3.17. The minimum atomic E-state index is -0.0267. The predicted octanol–water partition coefficient (Wildman–Crippen LogP) is 2.02. The number of oxazole rings is 1. The standard InChI is InChI=1S/C16H19N3O2/c1-11-15(21-10-19-11)13-6-4-12(5-7-13)9-18-16(20)14-3-2-8-17-14/h4-7,10,14,17H,2-3,8-9H2,1H3,(H,18,20). The van der Waals surface area contributed by atoms with Crippen LogP contribution in [0.5, 0.6) is 0 Å². The van der Waals surface area contributed by atoms with Crippen LogP contribution in [0.15, 0.2) is 35.1 Å². The highest BCUT2D eigenvalue weighted by Crippen LogP contribution is 2.22. The van der Waals surface area contributed by atoms with Crippen molar-refractivity contribution < 1.29 is 9.21 Å². The molecule has 1 aliphatic heterocycles. The first-order valence-electron chi connectivity index (χ1n) is 7.24. The van der Waals surface area contributed by atoms with Gasteiger partial charge in [0.25, 0.3) is 0 Å². The molecule has 5 heteroatoms. The second-order valence-corrected chi connectivity index (χ2v) is 5.33. The van der Waals surface area contributed by atoms with Crippen molar-refractivity contribution in [3.63, 3.8) is 0 Å². The normalized spacial score (nSPS) is 17.9. The fourth-order valence-corrected chi connectivity index (χ4v) is 2.57. The highest BCUT2D eigenvalue weighted by molar-refractivity contribution is 5.82. The summed E-state index contributed by atoms with van der Waals surface area (Å²) in [6.07, 6.45) is 3.45. The van der Waals surface area contributed by atoms with Gasteiger partial charge in [0.1, 0.15) is 0 Å². The Morgan fingerprint density at radius 1 is 1.43 bits per heavy atom. The zero-order valence-corrected chi connectivity index (χ0v) is 12.1. The van der Waals surface area contributed by atoms with Crippen LogP contribution < -0.4 is 10.6 Å². The van der Waals surface area contributed by atoms with E-state index in [0.717, 1.165) is 42.0 Å². The van der Waals surface area contributed by atoms with Crippen molar-refractivity contribution >= 4 is 5.91 Å². The number of carbonyl (C=O) groups is 1. The Bertz CT molecular complexity index is 613. The van der Waals surface area contributed by atoms with E-state index in [9.17, 15) is 4.79 Å². The lowest BCUT2D eigenvalue weighted by molar-refractivity contribution is -0.122. The van der Waals surface area contributed by atoms with Crippen molar-refractivity contribution in [2.45, 2.75) is 32.4 Å². The second-order valence-electron chi connectivity index (χ2n) is 5.33. The van der Waals surface area contributed by atoms with Crippen LogP contribution in [0.2, 0.25) is 0 Å². The van der Waals surface area contributed by atoms with Gasteiger partial charge in [-0.1, -0.05) is 24.3 Å². The maximum absolute atomic E-state index is 11.9. The molecule has 2 heterocycles. The highest BCUT2D eigenvalue weighted by atomic mass is 16.3. The van der Waals surface area contributed by atoms with Crippen LogP contribution in [-0.2, 0) is 11.3 Å². The Morgan fingerprint density at radius 3 is 2.86 bits per heavy atom. The Hall–Kier alpha value is -2.14. The van der Waals surface area contributed by atoms with Gasteiger partial charge < -0.3 is 15.1 Å². The van der Waals surface area contributed by atoms with Crippen molar-refractivity contribution in [3.05, 3.63) is 41.9 Å². The largest absolute Gasteiger partial charge is 0.443 e. The fraction of sp³-hybridized carbons (Fsp3) is 0.375. The molecule has 1 amide bonds. The highest BCUT2D eigenvalue weighted by Gasteiger charge is 2.21. The Morgan fingerprint density at radius 2 is 2.24 bits per heavy atom. The van der Waals surface area contributed by atoms with Gasteiger partial charge >= 0.3 is 0 Å². The lowest BCUT2D eigenvalue weighted by Gasteiger charge is -2.11. The predicted molar refractivity (Wildman–Crippen MR) is 79.5 cm³/mol. The number of hydrogen-bond donors (Lipinski definition) is 2. The first-order valence-corrected chi connectivity index (χ1v) is 7.24. The van der Waals surface area contributed by atoms with E-state index in [4.69, 9.17) is 4.42 Å². The van der Waals surface area contributed by atoms with E-state index in [1.807, 2.05) is 31.2 Å². The van der Waals surface area contributed by atoms with Crippen LogP contribution in [-0.4, -0.2) is 23.5 Å². The molecule has 2 N–H and O–H groups in total. The molecule has 0 saturated carbocycles. The van der Waals surface area contributed by atoms with Crippen LogP contribution in [0.3, 0.4) is 0 Å². The zero-order chi connectivity index (χ0) is 14.7. The number of amides is 1. The number of aromatic nitrogens is 1. The van der Waals surface area contributed by atoms with E-state index < -0.39 is 0 Å². The first kappa shape index (κ1) is 13.8. The zero-order valence-electron chi connectivity index (χ0n) is 12.1. The van der Waals surface area contributed by atoms with Gasteiger partial charge in [0.15, 0.2) is 12.2 Å². The Balaban J connectivity index is 1.60. The summed E-state index contributed by atoms with van der Waals surface area (Å²) in [5, 5.41) is 6.16. The van der Waals surface area contributed by atoms with Gasteiger partial charge in [-0.2, -0.15) is 0 Å². The summed E-state index contributed by atoms with van der Waals surface area (Å²) in [5.74, 6) is 0.878. The fourth-order valence-electron chi connectivity index (χ4n) is 2.57. The molecule has 1 unspecified atom stereocenters. The Labute approximate surface area is 123 Å². The third-order valence-corrected chi connectivity index (χ3v) is 3.81. The third kappa shape index (κ3) is 3.13. The maximum Gasteiger partial charge on any atom is 0.237 e. The number of aryl methyl sites for hydroxylation is 1. The van der Waals surface area contributed by atoms with Crippen molar-refractivity contribution in [1.29, 1.82) is 0 Å². The molecule has 1 saturated heterocycles. The molecule has 0 radical (unpaired) electrons. The first-order chi connectivity index (χ1) is 10.2. The van der Waals surface area contributed by atoms with Gasteiger partial charge in [-0.05, 0) is 31.9 Å². The molecule has 0 bridgehead atoms. The Kier molecular flexibility index (Phi) is 4.01. The monoisotopic (exact) mass is 285 g/mol. The maximum atomic E-state index is 11.9. The van der Waals surface area contributed by atoms with E-state index in [1.54, 1.807) is 0 Å². The van der Waals surface area contributed by atoms with E-state index in [-0.39, 0.29) is 11.9 Å². The number of benzene rings is 1. The number of nitrogens with zero attached hydrogens (tertiary/aromatic N) is 1. The molecule has 2 aromatic rings. The summed E-state index contributed by atoms with van der Waals surface area (Å²) >= 11 is 0. The molecule has 0 spiro atoms. The number of carbonyl (C=O) groups excluding carboxylic acids is 1. The molecular weight excluding hydrogens is 266 g/mol. The summed E-state index contributed by atoms with van der Waals surface area (Å²) in [6, 6.07) is 7.95. The van der Waals surface area contributed by atoms with Crippen LogP contribution >= 0.6 is 0 Å². The van der Waals surface area contributed by atoms with E-state index >= 15 is 0 Å². The summed E-state index contributed by atoms with van der Waals surface area (Å²) in [4.78, 5) is 16.0. The van der Waals surface area contributed by atoms with Crippen LogP contribution in [0, 0.1) is 6.92 Å². The summed E-state index contributed by atoms with van der Waals surface area (Å²) in [5.41, 5.74) is 2.95. The molecule has 110 valence electrons. The molecule has 5 nitrogen and oxygen atoms in total. The molecule has 0 aliphatic carbocycles.